The van der Waals surface area contributed by atoms with Crippen LogP contribution in [-0.4, -0.2) is 72.0 Å². The van der Waals surface area contributed by atoms with E-state index in [1.54, 1.807) is 17.0 Å². The third-order valence-corrected chi connectivity index (χ3v) is 7.16. The Morgan fingerprint density at radius 1 is 1.16 bits per heavy atom. The van der Waals surface area contributed by atoms with E-state index < -0.39 is 17.4 Å². The fourth-order valence-electron chi connectivity index (χ4n) is 5.76. The number of ketones is 1. The second kappa shape index (κ2) is 8.90. The number of nitrogens with zero attached hydrogens (tertiary/aromatic N) is 2. The minimum atomic E-state index is -1.52. The molecule has 0 unspecified atom stereocenters. The molecule has 0 N–H and O–H groups in total. The number of morpholine rings is 1. The van der Waals surface area contributed by atoms with E-state index in [-0.39, 0.29) is 48.6 Å². The third-order valence-electron chi connectivity index (χ3n) is 7.16. The van der Waals surface area contributed by atoms with Crippen molar-refractivity contribution in [3.63, 3.8) is 0 Å². The fraction of sp³-hybridized carbons (Fsp3) is 0.625. The molecule has 32 heavy (non-hydrogen) atoms. The van der Waals surface area contributed by atoms with E-state index in [0.717, 1.165) is 12.0 Å². The highest BCUT2D eigenvalue weighted by Gasteiger charge is 2.62. The van der Waals surface area contributed by atoms with Crippen molar-refractivity contribution in [2.75, 3.05) is 20.2 Å². The van der Waals surface area contributed by atoms with Gasteiger partial charge in [0.25, 0.3) is 0 Å². The number of benzene rings is 1. The van der Waals surface area contributed by atoms with Crippen LogP contribution in [0.15, 0.2) is 24.3 Å². The molecular weight excluding hydrogens is 415 g/mol. The normalized spacial score (nSPS) is 32.8. The molecular formula is C24H31FN2O5. The van der Waals surface area contributed by atoms with Crippen molar-refractivity contribution in [2.45, 2.75) is 70.4 Å². The number of fused-ring (bicyclic) bond motifs is 2. The predicted octanol–water partition coefficient (Wildman–Crippen LogP) is 2.32. The van der Waals surface area contributed by atoms with Crippen LogP contribution in [0, 0.1) is 11.2 Å². The summed E-state index contributed by atoms with van der Waals surface area (Å²) in [5, 5.41) is 0. The van der Waals surface area contributed by atoms with E-state index in [1.165, 1.54) is 19.2 Å². The van der Waals surface area contributed by atoms with Crippen LogP contribution in [0.3, 0.4) is 0 Å². The van der Waals surface area contributed by atoms with Gasteiger partial charge >= 0.3 is 5.97 Å². The van der Waals surface area contributed by atoms with Crippen molar-refractivity contribution < 1.29 is 28.2 Å². The summed E-state index contributed by atoms with van der Waals surface area (Å²) in [4.78, 5) is 43.8. The van der Waals surface area contributed by atoms with Crippen LogP contribution < -0.4 is 0 Å². The van der Waals surface area contributed by atoms with E-state index in [9.17, 15) is 18.8 Å². The number of carbonyl (C=O) groups excluding carboxylic acids is 3. The number of hydrogen-bond donors (Lipinski definition) is 0. The van der Waals surface area contributed by atoms with E-state index in [4.69, 9.17) is 9.47 Å². The second-order valence-corrected chi connectivity index (χ2v) is 9.37. The molecule has 8 heteroatoms. The first-order valence-electron chi connectivity index (χ1n) is 11.3. The molecule has 0 aromatic heterocycles. The Hall–Kier alpha value is -2.32. The smallest absolute Gasteiger partial charge is 0.321 e. The summed E-state index contributed by atoms with van der Waals surface area (Å²) in [5.41, 5.74) is -0.623. The van der Waals surface area contributed by atoms with E-state index in [2.05, 4.69) is 4.90 Å². The van der Waals surface area contributed by atoms with Crippen molar-refractivity contribution in [1.29, 1.82) is 0 Å². The molecule has 0 spiro atoms. The number of piperidine rings is 1. The molecule has 0 radical (unpaired) electrons. The first kappa shape index (κ1) is 22.9. The molecule has 2 bridgehead atoms. The Morgan fingerprint density at radius 3 is 2.44 bits per heavy atom. The number of ether oxygens (including phenoxy) is 2. The van der Waals surface area contributed by atoms with Crippen LogP contribution >= 0.6 is 0 Å². The first-order chi connectivity index (χ1) is 15.2. The van der Waals surface area contributed by atoms with Crippen LogP contribution in [-0.2, 0) is 30.4 Å². The number of esters is 1. The molecule has 1 aromatic rings. The first-order valence-corrected chi connectivity index (χ1v) is 11.3. The lowest BCUT2D eigenvalue weighted by atomic mass is 9.69. The summed E-state index contributed by atoms with van der Waals surface area (Å²) in [5.74, 6) is -1.39. The third kappa shape index (κ3) is 4.06. The van der Waals surface area contributed by atoms with E-state index in [1.807, 2.05) is 13.8 Å². The molecule has 4 rings (SSSR count). The summed E-state index contributed by atoms with van der Waals surface area (Å²) in [6.45, 7) is 5.16. The van der Waals surface area contributed by atoms with Gasteiger partial charge in [-0.3, -0.25) is 19.3 Å². The number of methoxy groups -OCH3 is 1. The average Bonchev–Trinajstić information content (AvgIpc) is 3.07. The van der Waals surface area contributed by atoms with Gasteiger partial charge in [0.05, 0.1) is 25.7 Å². The zero-order chi connectivity index (χ0) is 23.0. The number of hydrogen-bond acceptors (Lipinski definition) is 6. The lowest BCUT2D eigenvalue weighted by Crippen LogP contribution is -2.62. The highest BCUT2D eigenvalue weighted by atomic mass is 19.1. The summed E-state index contributed by atoms with van der Waals surface area (Å²) in [6.07, 6.45) is 1.20. The molecule has 3 aliphatic rings. The lowest BCUT2D eigenvalue weighted by molar-refractivity contribution is -0.172. The molecule has 7 nitrogen and oxygen atoms in total. The number of Topliss-reactive ketones (excluding diaryl/α,β-unsaturated/α-hetero) is 1. The number of carbonyl (C=O) groups is 3. The molecule has 1 amide bonds. The van der Waals surface area contributed by atoms with Crippen molar-refractivity contribution >= 4 is 17.7 Å². The van der Waals surface area contributed by atoms with Crippen LogP contribution in [0.5, 0.6) is 0 Å². The monoisotopic (exact) mass is 446 g/mol. The highest BCUT2D eigenvalue weighted by molar-refractivity contribution is 6.08. The minimum Gasteiger partial charge on any atom is -0.468 e. The second-order valence-electron chi connectivity index (χ2n) is 9.37. The van der Waals surface area contributed by atoms with Gasteiger partial charge < -0.3 is 14.4 Å². The molecule has 0 saturated carbocycles. The maximum atomic E-state index is 13.4. The standard InChI is InChI=1S/C24H31FN2O5/c1-15-12-26(13-16(2)32-15)22(29)11-24(23(30)31-3)20-9-8-19(10-21(24)28)27(20)14-17-4-6-18(25)7-5-17/h4-7,15-16,19-20H,8-14H2,1-3H3/t15-,16+,19-,20-,24+/m1/s1. The predicted molar refractivity (Wildman–Crippen MR) is 114 cm³/mol. The SMILES string of the molecule is COC(=O)[C@]1(CC(=O)N2C[C@@H](C)O[C@@H](C)C2)C(=O)C[C@H]2CC[C@H]1N2Cc1ccc(F)cc1. The van der Waals surface area contributed by atoms with Gasteiger partial charge in [-0.05, 0) is 44.4 Å². The summed E-state index contributed by atoms with van der Waals surface area (Å²) < 4.78 is 24.2. The van der Waals surface area contributed by atoms with Crippen LogP contribution in [0.25, 0.3) is 0 Å². The van der Waals surface area contributed by atoms with Gasteiger partial charge in [0.15, 0.2) is 11.2 Å². The number of rotatable bonds is 5. The average molecular weight is 447 g/mol. The largest absolute Gasteiger partial charge is 0.468 e. The summed E-state index contributed by atoms with van der Waals surface area (Å²) in [6, 6.07) is 5.83. The van der Waals surface area contributed by atoms with Crippen molar-refractivity contribution in [2.24, 2.45) is 5.41 Å². The van der Waals surface area contributed by atoms with Gasteiger partial charge in [0, 0.05) is 38.1 Å². The Kier molecular flexibility index (Phi) is 6.36. The van der Waals surface area contributed by atoms with E-state index >= 15 is 0 Å². The van der Waals surface area contributed by atoms with Gasteiger partial charge in [-0.2, -0.15) is 0 Å². The molecule has 3 saturated heterocycles. The number of amides is 1. The Bertz CT molecular complexity index is 881. The topological polar surface area (TPSA) is 76.1 Å². The lowest BCUT2D eigenvalue weighted by Gasteiger charge is -2.46. The molecule has 174 valence electrons. The van der Waals surface area contributed by atoms with Crippen molar-refractivity contribution in [3.8, 4) is 0 Å². The Balaban J connectivity index is 1.63. The Labute approximate surface area is 187 Å². The van der Waals surface area contributed by atoms with Gasteiger partial charge in [-0.1, -0.05) is 12.1 Å². The molecule has 0 aliphatic carbocycles. The molecule has 3 aliphatic heterocycles. The summed E-state index contributed by atoms with van der Waals surface area (Å²) in [7, 11) is 1.27. The van der Waals surface area contributed by atoms with Crippen molar-refractivity contribution in [1.82, 2.24) is 9.80 Å². The minimum absolute atomic E-state index is 0.00821. The Morgan fingerprint density at radius 2 is 1.81 bits per heavy atom. The molecule has 1 aromatic carbocycles. The van der Waals surface area contributed by atoms with E-state index in [0.29, 0.717) is 26.1 Å². The molecule has 3 heterocycles. The van der Waals surface area contributed by atoms with Gasteiger partial charge in [-0.25, -0.2) is 4.39 Å². The molecule has 3 fully saturated rings. The quantitative estimate of drug-likeness (QED) is 0.510. The van der Waals surface area contributed by atoms with Crippen LogP contribution in [0.2, 0.25) is 0 Å². The van der Waals surface area contributed by atoms with Crippen LogP contribution in [0.4, 0.5) is 4.39 Å². The van der Waals surface area contributed by atoms with Gasteiger partial charge in [0.1, 0.15) is 5.82 Å². The number of halogens is 1. The maximum absolute atomic E-state index is 13.4. The molecule has 5 atom stereocenters. The van der Waals surface area contributed by atoms with Gasteiger partial charge in [0.2, 0.25) is 5.91 Å². The summed E-state index contributed by atoms with van der Waals surface area (Å²) >= 11 is 0. The zero-order valence-electron chi connectivity index (χ0n) is 18.9. The van der Waals surface area contributed by atoms with Crippen LogP contribution in [0.1, 0.15) is 45.1 Å². The van der Waals surface area contributed by atoms with Gasteiger partial charge in [-0.15, -0.1) is 0 Å². The highest BCUT2D eigenvalue weighted by Crippen LogP contribution is 2.48. The van der Waals surface area contributed by atoms with Crippen molar-refractivity contribution in [3.05, 3.63) is 35.6 Å². The zero-order valence-corrected chi connectivity index (χ0v) is 18.9. The maximum Gasteiger partial charge on any atom is 0.321 e. The fourth-order valence-corrected chi connectivity index (χ4v) is 5.76.